The third kappa shape index (κ3) is 3.72. The van der Waals surface area contributed by atoms with Crippen molar-refractivity contribution >= 4 is 23.5 Å². The molecule has 0 atom stereocenters. The second-order valence-electron chi connectivity index (χ2n) is 5.52. The second kappa shape index (κ2) is 7.51. The Balaban J connectivity index is 1.46. The lowest BCUT2D eigenvalue weighted by Crippen LogP contribution is -2.37. The highest BCUT2D eigenvalue weighted by molar-refractivity contribution is 6.01. The molecule has 2 aromatic rings. The Morgan fingerprint density at radius 2 is 1.96 bits per heavy atom. The van der Waals surface area contributed by atoms with Gasteiger partial charge in [0.1, 0.15) is 5.75 Å². The number of nitrogens with one attached hydrogen (secondary N) is 4. The minimum absolute atomic E-state index is 0.0750. The number of aromatic nitrogens is 1. The first-order valence-electron chi connectivity index (χ1n) is 7.93. The largest absolute Gasteiger partial charge is 0.505 e. The van der Waals surface area contributed by atoms with Crippen LogP contribution in [0.4, 0.5) is 10.5 Å². The highest BCUT2D eigenvalue weighted by Crippen LogP contribution is 2.23. The van der Waals surface area contributed by atoms with Crippen molar-refractivity contribution in [3.8, 4) is 5.75 Å². The van der Waals surface area contributed by atoms with Crippen molar-refractivity contribution < 1.29 is 19.5 Å². The van der Waals surface area contributed by atoms with Crippen LogP contribution in [0.1, 0.15) is 26.4 Å². The molecule has 1 aromatic heterocycles. The van der Waals surface area contributed by atoms with E-state index in [4.69, 9.17) is 0 Å². The molecule has 0 radical (unpaired) electrons. The van der Waals surface area contributed by atoms with Crippen LogP contribution in [0, 0.1) is 0 Å². The number of anilines is 1. The highest BCUT2D eigenvalue weighted by atomic mass is 16.3. The fourth-order valence-electron chi connectivity index (χ4n) is 2.55. The Kier molecular flexibility index (Phi) is 4.97. The predicted molar refractivity (Wildman–Crippen MR) is 92.9 cm³/mol. The molecule has 3 rings (SSSR count). The third-order valence-corrected chi connectivity index (χ3v) is 3.79. The van der Waals surface area contributed by atoms with Crippen LogP contribution in [0.15, 0.2) is 36.5 Å². The van der Waals surface area contributed by atoms with E-state index in [1.165, 1.54) is 18.3 Å². The summed E-state index contributed by atoms with van der Waals surface area (Å²) in [6.45, 7) is 0.709. The number of carbonyl (C=O) groups excluding carboxylic acids is 3. The standard InChI is InChI=1S/C17H17N5O4/c23-13-5-2-6-18-14(13)16(25)19-7-8-20-17(26)22-12-4-1-3-10-11(12)9-21-15(10)24/h1-6,23H,7-9H2,(H,19,25)(H,21,24)(H2,20,22,26). The second-order valence-corrected chi connectivity index (χ2v) is 5.52. The molecule has 1 aliphatic rings. The van der Waals surface area contributed by atoms with Gasteiger partial charge in [-0.1, -0.05) is 6.07 Å². The Morgan fingerprint density at radius 3 is 2.77 bits per heavy atom. The van der Waals surface area contributed by atoms with Gasteiger partial charge in [-0.25, -0.2) is 9.78 Å². The molecule has 4 amide bonds. The van der Waals surface area contributed by atoms with Crippen LogP contribution in [-0.4, -0.2) is 41.0 Å². The van der Waals surface area contributed by atoms with Gasteiger partial charge < -0.3 is 26.4 Å². The van der Waals surface area contributed by atoms with Crippen molar-refractivity contribution in [2.45, 2.75) is 6.54 Å². The van der Waals surface area contributed by atoms with Crippen molar-refractivity contribution in [3.05, 3.63) is 53.3 Å². The molecule has 1 aromatic carbocycles. The predicted octanol–water partition coefficient (Wildman–Crippen LogP) is 0.582. The van der Waals surface area contributed by atoms with Gasteiger partial charge >= 0.3 is 6.03 Å². The van der Waals surface area contributed by atoms with Crippen molar-refractivity contribution in [2.24, 2.45) is 0 Å². The summed E-state index contributed by atoms with van der Waals surface area (Å²) in [7, 11) is 0. The van der Waals surface area contributed by atoms with Crippen LogP contribution in [-0.2, 0) is 6.54 Å². The molecule has 134 valence electrons. The number of amides is 4. The minimum Gasteiger partial charge on any atom is -0.505 e. The lowest BCUT2D eigenvalue weighted by atomic mass is 10.1. The topological polar surface area (TPSA) is 132 Å². The van der Waals surface area contributed by atoms with Crippen molar-refractivity contribution in [2.75, 3.05) is 18.4 Å². The summed E-state index contributed by atoms with van der Waals surface area (Å²) in [5.74, 6) is -0.905. The zero-order valence-corrected chi connectivity index (χ0v) is 13.7. The quantitative estimate of drug-likeness (QED) is 0.501. The van der Waals surface area contributed by atoms with Crippen molar-refractivity contribution in [1.29, 1.82) is 0 Å². The lowest BCUT2D eigenvalue weighted by molar-refractivity contribution is 0.0943. The first-order chi connectivity index (χ1) is 12.6. The van der Waals surface area contributed by atoms with Crippen LogP contribution >= 0.6 is 0 Å². The normalized spacial score (nSPS) is 12.1. The van der Waals surface area contributed by atoms with Gasteiger partial charge in [-0.15, -0.1) is 0 Å². The first-order valence-corrected chi connectivity index (χ1v) is 7.93. The van der Waals surface area contributed by atoms with E-state index in [-0.39, 0.29) is 30.4 Å². The van der Waals surface area contributed by atoms with Crippen LogP contribution in [0.5, 0.6) is 5.75 Å². The van der Waals surface area contributed by atoms with Gasteiger partial charge in [0.2, 0.25) is 0 Å². The molecule has 0 bridgehead atoms. The van der Waals surface area contributed by atoms with E-state index in [0.717, 1.165) is 5.56 Å². The van der Waals surface area contributed by atoms with E-state index in [2.05, 4.69) is 26.3 Å². The lowest BCUT2D eigenvalue weighted by Gasteiger charge is -2.11. The van der Waals surface area contributed by atoms with Crippen LogP contribution in [0.3, 0.4) is 0 Å². The molecular weight excluding hydrogens is 338 g/mol. The smallest absolute Gasteiger partial charge is 0.319 e. The van der Waals surface area contributed by atoms with E-state index < -0.39 is 11.9 Å². The van der Waals surface area contributed by atoms with Crippen molar-refractivity contribution in [1.82, 2.24) is 20.9 Å². The molecule has 0 fully saturated rings. The average molecular weight is 355 g/mol. The zero-order chi connectivity index (χ0) is 18.5. The summed E-state index contributed by atoms with van der Waals surface area (Å²) in [4.78, 5) is 39.2. The minimum atomic E-state index is -0.532. The molecule has 5 N–H and O–H groups in total. The molecular formula is C17H17N5O4. The Hall–Kier alpha value is -3.62. The number of urea groups is 1. The van der Waals surface area contributed by atoms with E-state index in [1.54, 1.807) is 18.2 Å². The van der Waals surface area contributed by atoms with Crippen LogP contribution in [0.25, 0.3) is 0 Å². The molecule has 0 spiro atoms. The summed E-state index contributed by atoms with van der Waals surface area (Å²) in [5.41, 5.74) is 1.77. The first kappa shape index (κ1) is 17.2. The van der Waals surface area contributed by atoms with E-state index >= 15 is 0 Å². The summed E-state index contributed by atoms with van der Waals surface area (Å²) >= 11 is 0. The number of benzene rings is 1. The molecule has 1 aliphatic heterocycles. The average Bonchev–Trinajstić information content (AvgIpc) is 3.01. The number of rotatable bonds is 5. The number of nitrogens with zero attached hydrogens (tertiary/aromatic N) is 1. The molecule has 9 nitrogen and oxygen atoms in total. The molecule has 26 heavy (non-hydrogen) atoms. The maximum Gasteiger partial charge on any atom is 0.319 e. The fourth-order valence-corrected chi connectivity index (χ4v) is 2.55. The van der Waals surface area contributed by atoms with Gasteiger partial charge in [0.15, 0.2) is 5.69 Å². The third-order valence-electron chi connectivity index (χ3n) is 3.79. The summed E-state index contributed by atoms with van der Waals surface area (Å²) in [6, 6.07) is 7.53. The molecule has 0 aliphatic carbocycles. The van der Waals surface area contributed by atoms with Gasteiger partial charge in [-0.05, 0) is 24.3 Å². The van der Waals surface area contributed by atoms with Gasteiger partial charge in [-0.2, -0.15) is 0 Å². The van der Waals surface area contributed by atoms with E-state index in [1.807, 2.05) is 0 Å². The highest BCUT2D eigenvalue weighted by Gasteiger charge is 2.21. The molecule has 0 saturated carbocycles. The van der Waals surface area contributed by atoms with E-state index in [0.29, 0.717) is 17.8 Å². The number of aromatic hydroxyl groups is 1. The fraction of sp³-hybridized carbons (Fsp3) is 0.176. The Labute approximate surface area is 148 Å². The van der Waals surface area contributed by atoms with Crippen molar-refractivity contribution in [3.63, 3.8) is 0 Å². The van der Waals surface area contributed by atoms with Gasteiger partial charge in [0, 0.05) is 42.6 Å². The van der Waals surface area contributed by atoms with E-state index in [9.17, 15) is 19.5 Å². The maximum absolute atomic E-state index is 12.0. The summed E-state index contributed by atoms with van der Waals surface area (Å²) in [6.07, 6.45) is 1.40. The maximum atomic E-state index is 12.0. The molecule has 0 saturated heterocycles. The Bertz CT molecular complexity index is 868. The van der Waals surface area contributed by atoms with Gasteiger partial charge in [0.25, 0.3) is 11.8 Å². The number of fused-ring (bicyclic) bond motifs is 1. The summed E-state index contributed by atoms with van der Waals surface area (Å²) in [5, 5.41) is 20.1. The Morgan fingerprint density at radius 1 is 1.15 bits per heavy atom. The monoisotopic (exact) mass is 355 g/mol. The molecule has 0 unspecified atom stereocenters. The number of carbonyl (C=O) groups is 3. The summed E-state index contributed by atoms with van der Waals surface area (Å²) < 4.78 is 0. The van der Waals surface area contributed by atoms with Gasteiger partial charge in [0.05, 0.1) is 0 Å². The SMILES string of the molecule is O=C(NCCNC(=O)c1ncccc1O)Nc1cccc2c1CNC2=O. The number of hydrogen-bond acceptors (Lipinski definition) is 5. The van der Waals surface area contributed by atoms with Gasteiger partial charge in [-0.3, -0.25) is 9.59 Å². The molecule has 9 heteroatoms. The van der Waals surface area contributed by atoms with Crippen LogP contribution in [0.2, 0.25) is 0 Å². The number of hydrogen-bond donors (Lipinski definition) is 5. The number of pyridine rings is 1. The van der Waals surface area contributed by atoms with Crippen LogP contribution < -0.4 is 21.3 Å². The zero-order valence-electron chi connectivity index (χ0n) is 13.7. The molecule has 2 heterocycles.